The van der Waals surface area contributed by atoms with Gasteiger partial charge >= 0.3 is 0 Å². The van der Waals surface area contributed by atoms with Gasteiger partial charge in [0.15, 0.2) is 0 Å². The van der Waals surface area contributed by atoms with Crippen molar-refractivity contribution in [1.29, 1.82) is 5.26 Å². The SMILES string of the molecule is Cc1cc(Br)ccc1N1CCC(C)NC(=O)C1CC#N. The molecular weight excluding hydrogens is 318 g/mol. The van der Waals surface area contributed by atoms with Crippen LogP contribution < -0.4 is 10.2 Å². The van der Waals surface area contributed by atoms with E-state index in [1.165, 1.54) is 0 Å². The summed E-state index contributed by atoms with van der Waals surface area (Å²) in [7, 11) is 0. The molecule has 1 aromatic carbocycles. The van der Waals surface area contributed by atoms with E-state index < -0.39 is 6.04 Å². The highest BCUT2D eigenvalue weighted by Crippen LogP contribution is 2.27. The van der Waals surface area contributed by atoms with E-state index in [9.17, 15) is 4.79 Å². The third-order valence-electron chi connectivity index (χ3n) is 3.62. The second kappa shape index (κ2) is 6.27. The number of carbonyl (C=O) groups excluding carboxylic acids is 1. The molecule has 1 N–H and O–H groups in total. The summed E-state index contributed by atoms with van der Waals surface area (Å²) in [5.74, 6) is -0.0566. The number of hydrogen-bond acceptors (Lipinski definition) is 3. The molecule has 0 radical (unpaired) electrons. The summed E-state index contributed by atoms with van der Waals surface area (Å²) in [5.41, 5.74) is 2.13. The van der Waals surface area contributed by atoms with Crippen LogP contribution in [0.5, 0.6) is 0 Å². The number of carbonyl (C=O) groups is 1. The van der Waals surface area contributed by atoms with Crippen molar-refractivity contribution in [3.8, 4) is 6.07 Å². The van der Waals surface area contributed by atoms with E-state index >= 15 is 0 Å². The fraction of sp³-hybridized carbons (Fsp3) is 0.467. The lowest BCUT2D eigenvalue weighted by Gasteiger charge is -2.30. The predicted octanol–water partition coefficient (Wildman–Crippen LogP) is 2.75. The van der Waals surface area contributed by atoms with E-state index in [1.54, 1.807) is 0 Å². The van der Waals surface area contributed by atoms with Crippen LogP contribution in [0.4, 0.5) is 5.69 Å². The molecule has 0 aliphatic carbocycles. The quantitative estimate of drug-likeness (QED) is 0.904. The first-order chi connectivity index (χ1) is 9.52. The molecule has 1 aliphatic heterocycles. The Hall–Kier alpha value is -1.54. The van der Waals surface area contributed by atoms with Crippen molar-refractivity contribution in [1.82, 2.24) is 5.32 Å². The number of nitriles is 1. The minimum absolute atomic E-state index is 0.0566. The zero-order chi connectivity index (χ0) is 14.7. The molecule has 0 saturated carbocycles. The Morgan fingerprint density at radius 1 is 1.55 bits per heavy atom. The van der Waals surface area contributed by atoms with Gasteiger partial charge in [0.25, 0.3) is 0 Å². The Kier molecular flexibility index (Phi) is 4.66. The second-order valence-electron chi connectivity index (χ2n) is 5.20. The predicted molar refractivity (Wildman–Crippen MR) is 82.5 cm³/mol. The van der Waals surface area contributed by atoms with Crippen LogP contribution in [0.1, 0.15) is 25.3 Å². The van der Waals surface area contributed by atoms with Gasteiger partial charge in [0.05, 0.1) is 12.5 Å². The highest BCUT2D eigenvalue weighted by atomic mass is 79.9. The molecule has 2 rings (SSSR count). The number of aryl methyl sites for hydroxylation is 1. The van der Waals surface area contributed by atoms with Gasteiger partial charge < -0.3 is 10.2 Å². The zero-order valence-corrected chi connectivity index (χ0v) is 13.3. The lowest BCUT2D eigenvalue weighted by atomic mass is 10.1. The molecule has 106 valence electrons. The number of nitrogens with one attached hydrogen (secondary N) is 1. The van der Waals surface area contributed by atoms with Crippen molar-refractivity contribution in [2.75, 3.05) is 11.4 Å². The van der Waals surface area contributed by atoms with Crippen LogP contribution in [0.2, 0.25) is 0 Å². The largest absolute Gasteiger partial charge is 0.358 e. The van der Waals surface area contributed by atoms with E-state index in [2.05, 4.69) is 32.2 Å². The molecule has 5 heteroatoms. The lowest BCUT2D eigenvalue weighted by Crippen LogP contribution is -2.45. The van der Waals surface area contributed by atoms with Gasteiger partial charge in [-0.1, -0.05) is 15.9 Å². The Labute approximate surface area is 127 Å². The van der Waals surface area contributed by atoms with Gasteiger partial charge in [0, 0.05) is 22.7 Å². The normalized spacial score (nSPS) is 22.9. The van der Waals surface area contributed by atoms with Crippen LogP contribution in [-0.2, 0) is 4.79 Å². The maximum atomic E-state index is 12.3. The average Bonchev–Trinajstić information content (AvgIpc) is 2.51. The van der Waals surface area contributed by atoms with Crippen molar-refractivity contribution < 1.29 is 4.79 Å². The van der Waals surface area contributed by atoms with Crippen LogP contribution in [0.15, 0.2) is 22.7 Å². The Balaban J connectivity index is 2.39. The van der Waals surface area contributed by atoms with Crippen molar-refractivity contribution in [2.24, 2.45) is 0 Å². The summed E-state index contributed by atoms with van der Waals surface area (Å²) in [6.45, 7) is 4.80. The van der Waals surface area contributed by atoms with E-state index in [4.69, 9.17) is 5.26 Å². The van der Waals surface area contributed by atoms with Crippen molar-refractivity contribution >= 4 is 27.5 Å². The Morgan fingerprint density at radius 2 is 2.30 bits per heavy atom. The first kappa shape index (κ1) is 14.9. The molecule has 1 aromatic rings. The molecule has 0 bridgehead atoms. The number of nitrogens with zero attached hydrogens (tertiary/aromatic N) is 2. The van der Waals surface area contributed by atoms with E-state index in [0.717, 1.165) is 28.7 Å². The van der Waals surface area contributed by atoms with Crippen LogP contribution in [0.25, 0.3) is 0 Å². The zero-order valence-electron chi connectivity index (χ0n) is 11.7. The number of amides is 1. The molecule has 1 heterocycles. The van der Waals surface area contributed by atoms with Gasteiger partial charge in [-0.3, -0.25) is 4.79 Å². The number of anilines is 1. The third-order valence-corrected chi connectivity index (χ3v) is 4.12. The van der Waals surface area contributed by atoms with Gasteiger partial charge in [0.2, 0.25) is 5.91 Å². The van der Waals surface area contributed by atoms with Gasteiger partial charge in [-0.15, -0.1) is 0 Å². The molecule has 2 atom stereocenters. The number of halogens is 1. The summed E-state index contributed by atoms with van der Waals surface area (Å²) >= 11 is 3.45. The summed E-state index contributed by atoms with van der Waals surface area (Å²) < 4.78 is 1.02. The van der Waals surface area contributed by atoms with Gasteiger partial charge in [-0.05, 0) is 44.0 Å². The highest BCUT2D eigenvalue weighted by molar-refractivity contribution is 9.10. The minimum atomic E-state index is -0.412. The minimum Gasteiger partial charge on any atom is -0.358 e. The summed E-state index contributed by atoms with van der Waals surface area (Å²) in [5, 5.41) is 12.0. The molecule has 1 aliphatic rings. The maximum absolute atomic E-state index is 12.3. The van der Waals surface area contributed by atoms with Gasteiger partial charge in [-0.25, -0.2) is 0 Å². The monoisotopic (exact) mass is 335 g/mol. The Morgan fingerprint density at radius 3 is 2.95 bits per heavy atom. The molecule has 1 fully saturated rings. The number of benzene rings is 1. The van der Waals surface area contributed by atoms with Crippen LogP contribution in [0.3, 0.4) is 0 Å². The molecular formula is C15H18BrN3O. The smallest absolute Gasteiger partial charge is 0.243 e. The molecule has 20 heavy (non-hydrogen) atoms. The van der Waals surface area contributed by atoms with E-state index in [1.807, 2.05) is 32.0 Å². The standard InChI is InChI=1S/C15H18BrN3O/c1-10-9-12(16)3-4-13(10)19-8-6-11(2)18-15(20)14(19)5-7-17/h3-4,9,11,14H,5-6,8H2,1-2H3,(H,18,20). The van der Waals surface area contributed by atoms with E-state index in [0.29, 0.717) is 0 Å². The molecule has 2 unspecified atom stereocenters. The molecule has 1 saturated heterocycles. The molecule has 1 amide bonds. The first-order valence-electron chi connectivity index (χ1n) is 6.73. The fourth-order valence-electron chi connectivity index (χ4n) is 2.56. The lowest BCUT2D eigenvalue weighted by molar-refractivity contribution is -0.122. The Bertz CT molecular complexity index is 553. The average molecular weight is 336 g/mol. The third kappa shape index (κ3) is 3.13. The summed E-state index contributed by atoms with van der Waals surface area (Å²) in [6, 6.07) is 7.87. The van der Waals surface area contributed by atoms with Gasteiger partial charge in [0.1, 0.15) is 6.04 Å². The molecule has 0 spiro atoms. The summed E-state index contributed by atoms with van der Waals surface area (Å²) in [6.07, 6.45) is 1.08. The van der Waals surface area contributed by atoms with Crippen molar-refractivity contribution in [3.05, 3.63) is 28.2 Å². The number of rotatable bonds is 2. The maximum Gasteiger partial charge on any atom is 0.243 e. The van der Waals surface area contributed by atoms with Crippen LogP contribution in [-0.4, -0.2) is 24.5 Å². The summed E-state index contributed by atoms with van der Waals surface area (Å²) in [4.78, 5) is 14.3. The second-order valence-corrected chi connectivity index (χ2v) is 6.12. The van der Waals surface area contributed by atoms with Crippen molar-refractivity contribution in [3.63, 3.8) is 0 Å². The van der Waals surface area contributed by atoms with E-state index in [-0.39, 0.29) is 18.4 Å². The van der Waals surface area contributed by atoms with Gasteiger partial charge in [-0.2, -0.15) is 5.26 Å². The van der Waals surface area contributed by atoms with Crippen molar-refractivity contribution in [2.45, 2.75) is 38.8 Å². The van der Waals surface area contributed by atoms with Crippen LogP contribution >= 0.6 is 15.9 Å². The molecule has 0 aromatic heterocycles. The van der Waals surface area contributed by atoms with Crippen LogP contribution in [0, 0.1) is 18.3 Å². The molecule has 4 nitrogen and oxygen atoms in total. The fourth-order valence-corrected chi connectivity index (χ4v) is 3.04. The number of hydrogen-bond donors (Lipinski definition) is 1. The topological polar surface area (TPSA) is 56.1 Å². The highest BCUT2D eigenvalue weighted by Gasteiger charge is 2.30. The first-order valence-corrected chi connectivity index (χ1v) is 7.52.